The van der Waals surface area contributed by atoms with Crippen molar-refractivity contribution < 1.29 is 41.4 Å². The molecule has 0 aliphatic carbocycles. The van der Waals surface area contributed by atoms with Crippen molar-refractivity contribution in [2.75, 3.05) is 38.8 Å². The number of halogens is 4. The van der Waals surface area contributed by atoms with Crippen molar-refractivity contribution in [3.8, 4) is 17.2 Å². The van der Waals surface area contributed by atoms with E-state index in [1.807, 2.05) is 6.07 Å². The van der Waals surface area contributed by atoms with Gasteiger partial charge in [0, 0.05) is 65.5 Å². The Balaban J connectivity index is 1.49. The predicted molar refractivity (Wildman–Crippen MR) is 157 cm³/mol. The maximum Gasteiger partial charge on any atom is 0.387 e. The normalized spacial score (nSPS) is 20.4. The summed E-state index contributed by atoms with van der Waals surface area (Å²) in [4.78, 5) is 33.4. The van der Waals surface area contributed by atoms with Gasteiger partial charge in [-0.15, -0.1) is 0 Å². The van der Waals surface area contributed by atoms with E-state index in [0.717, 1.165) is 43.8 Å². The lowest BCUT2D eigenvalue weighted by atomic mass is 9.83. The summed E-state index contributed by atoms with van der Waals surface area (Å²) >= 11 is 0. The van der Waals surface area contributed by atoms with Crippen molar-refractivity contribution in [1.82, 2.24) is 15.6 Å². The Morgan fingerprint density at radius 3 is 2.22 bits per heavy atom. The summed E-state index contributed by atoms with van der Waals surface area (Å²) in [6.07, 6.45) is 1.69. The van der Waals surface area contributed by atoms with Gasteiger partial charge in [0.2, 0.25) is 5.91 Å². The minimum Gasteiger partial charge on any atom is -0.497 e. The van der Waals surface area contributed by atoms with Gasteiger partial charge >= 0.3 is 6.61 Å². The van der Waals surface area contributed by atoms with Crippen molar-refractivity contribution in [3.05, 3.63) is 77.0 Å². The van der Waals surface area contributed by atoms with E-state index < -0.39 is 47.9 Å². The zero-order valence-electron chi connectivity index (χ0n) is 25.0. The van der Waals surface area contributed by atoms with E-state index in [2.05, 4.69) is 15.4 Å². The first-order valence-electron chi connectivity index (χ1n) is 14.6. The van der Waals surface area contributed by atoms with Crippen LogP contribution in [-0.4, -0.2) is 63.3 Å². The second-order valence-electron chi connectivity index (χ2n) is 11.0. The van der Waals surface area contributed by atoms with Gasteiger partial charge in [-0.3, -0.25) is 14.5 Å². The highest BCUT2D eigenvalue weighted by molar-refractivity contribution is 6.00. The average molecular weight is 631 g/mol. The smallest absolute Gasteiger partial charge is 0.387 e. The Kier molecular flexibility index (Phi) is 9.76. The summed E-state index contributed by atoms with van der Waals surface area (Å²) in [5.74, 6) is -4.24. The van der Waals surface area contributed by atoms with Gasteiger partial charge in [0.15, 0.2) is 0 Å². The van der Waals surface area contributed by atoms with Crippen LogP contribution < -0.4 is 29.7 Å². The summed E-state index contributed by atoms with van der Waals surface area (Å²) in [7, 11) is 2.80. The molecular formula is C32H34F4N4O5. The molecule has 3 atom stereocenters. The van der Waals surface area contributed by atoms with Crippen LogP contribution in [0.15, 0.2) is 48.5 Å². The molecule has 0 spiro atoms. The lowest BCUT2D eigenvalue weighted by Gasteiger charge is -2.27. The molecule has 0 saturated carbocycles. The van der Waals surface area contributed by atoms with Crippen LogP contribution in [-0.2, 0) is 4.79 Å². The van der Waals surface area contributed by atoms with Crippen LogP contribution in [0.1, 0.15) is 53.2 Å². The van der Waals surface area contributed by atoms with Crippen molar-refractivity contribution in [1.29, 1.82) is 0 Å². The SMILES string of the molecule is COc1cc(C2CCNCC2)nc(N2C(=O)C(CNC(=O)c3ccc(OC(F)F)cc3)[C@H](c3c(F)cc(OC)cc3F)[C@@H]2C)c1. The van der Waals surface area contributed by atoms with Gasteiger partial charge in [-0.25, -0.2) is 13.8 Å². The van der Waals surface area contributed by atoms with E-state index >= 15 is 8.78 Å². The van der Waals surface area contributed by atoms with Gasteiger partial charge in [0.25, 0.3) is 5.91 Å². The van der Waals surface area contributed by atoms with Crippen molar-refractivity contribution in [3.63, 3.8) is 0 Å². The highest BCUT2D eigenvalue weighted by Crippen LogP contribution is 2.44. The van der Waals surface area contributed by atoms with Crippen molar-refractivity contribution in [2.24, 2.45) is 5.92 Å². The Hall–Kier alpha value is -4.39. The topological polar surface area (TPSA) is 102 Å². The lowest BCUT2D eigenvalue weighted by Crippen LogP contribution is -2.36. The van der Waals surface area contributed by atoms with Crippen LogP contribution >= 0.6 is 0 Å². The molecule has 0 radical (unpaired) electrons. The third kappa shape index (κ3) is 6.82. The van der Waals surface area contributed by atoms with E-state index in [-0.39, 0.29) is 40.9 Å². The zero-order valence-corrected chi connectivity index (χ0v) is 25.0. The van der Waals surface area contributed by atoms with E-state index in [1.54, 1.807) is 13.0 Å². The van der Waals surface area contributed by atoms with E-state index in [4.69, 9.17) is 14.5 Å². The van der Waals surface area contributed by atoms with Crippen LogP contribution in [0.2, 0.25) is 0 Å². The average Bonchev–Trinajstić information content (AvgIpc) is 3.27. The Morgan fingerprint density at radius 2 is 1.62 bits per heavy atom. The number of hydrogen-bond acceptors (Lipinski definition) is 7. The molecule has 2 saturated heterocycles. The molecular weight excluding hydrogens is 596 g/mol. The number of pyridine rings is 1. The van der Waals surface area contributed by atoms with Crippen molar-refractivity contribution >= 4 is 17.6 Å². The number of alkyl halides is 2. The maximum atomic E-state index is 15.5. The number of nitrogens with one attached hydrogen (secondary N) is 2. The number of carbonyl (C=O) groups is 2. The molecule has 3 aromatic rings. The Morgan fingerprint density at radius 1 is 1.00 bits per heavy atom. The maximum absolute atomic E-state index is 15.5. The number of rotatable bonds is 10. The number of methoxy groups -OCH3 is 2. The minimum atomic E-state index is -3.02. The number of piperidine rings is 1. The number of carbonyl (C=O) groups excluding carboxylic acids is 2. The fraction of sp³-hybridized carbons (Fsp3) is 0.406. The highest BCUT2D eigenvalue weighted by atomic mass is 19.3. The van der Waals surface area contributed by atoms with Gasteiger partial charge in [-0.05, 0) is 57.1 Å². The van der Waals surface area contributed by atoms with Gasteiger partial charge in [-0.1, -0.05) is 0 Å². The molecule has 240 valence electrons. The van der Waals surface area contributed by atoms with E-state index in [9.17, 15) is 18.4 Å². The third-order valence-electron chi connectivity index (χ3n) is 8.41. The molecule has 2 N–H and O–H groups in total. The van der Waals surface area contributed by atoms with Crippen LogP contribution in [0.25, 0.3) is 0 Å². The Bertz CT molecular complexity index is 1510. The standard InChI is InChI=1S/C32H34F4N4O5/c1-17-28(29-24(33)12-21(43-2)13-25(29)34)23(16-38-30(41)19-4-6-20(7-5-19)45-32(35)36)31(42)40(17)27-15-22(44-3)14-26(39-27)18-8-10-37-11-9-18/h4-7,12-15,17-18,23,28,32,37H,8-11,16H2,1-3H3,(H,38,41)/t17-,23?,28+/m0/s1. The molecule has 0 bridgehead atoms. The molecule has 2 aromatic carbocycles. The van der Waals surface area contributed by atoms with Gasteiger partial charge in [0.05, 0.1) is 20.1 Å². The minimum absolute atomic E-state index is 0.0206. The quantitative estimate of drug-likeness (QED) is 0.304. The molecule has 45 heavy (non-hydrogen) atoms. The van der Waals surface area contributed by atoms with Crippen LogP contribution in [0.3, 0.4) is 0 Å². The molecule has 13 heteroatoms. The Labute approximate surface area is 257 Å². The molecule has 2 aliphatic heterocycles. The zero-order chi connectivity index (χ0) is 32.2. The van der Waals surface area contributed by atoms with Gasteiger partial charge in [-0.2, -0.15) is 8.78 Å². The molecule has 1 aromatic heterocycles. The van der Waals surface area contributed by atoms with Gasteiger partial charge in [0.1, 0.15) is 34.7 Å². The first-order chi connectivity index (χ1) is 21.6. The predicted octanol–water partition coefficient (Wildman–Crippen LogP) is 5.01. The molecule has 2 amide bonds. The number of nitrogens with zero attached hydrogens (tertiary/aromatic N) is 2. The summed E-state index contributed by atoms with van der Waals surface area (Å²) < 4.78 is 71.0. The molecule has 2 aliphatic rings. The fourth-order valence-corrected chi connectivity index (χ4v) is 6.18. The number of ether oxygens (including phenoxy) is 3. The summed E-state index contributed by atoms with van der Waals surface area (Å²) in [5.41, 5.74) is 0.556. The monoisotopic (exact) mass is 630 g/mol. The molecule has 1 unspecified atom stereocenters. The van der Waals surface area contributed by atoms with E-state index in [1.165, 1.54) is 43.4 Å². The molecule has 9 nitrogen and oxygen atoms in total. The number of hydrogen-bond donors (Lipinski definition) is 2. The van der Waals surface area contributed by atoms with E-state index in [0.29, 0.717) is 5.75 Å². The number of aromatic nitrogens is 1. The largest absolute Gasteiger partial charge is 0.497 e. The second-order valence-corrected chi connectivity index (χ2v) is 11.0. The van der Waals surface area contributed by atoms with Crippen LogP contribution in [0.5, 0.6) is 17.2 Å². The van der Waals surface area contributed by atoms with Gasteiger partial charge < -0.3 is 24.8 Å². The first-order valence-corrected chi connectivity index (χ1v) is 14.6. The molecule has 3 heterocycles. The highest BCUT2D eigenvalue weighted by Gasteiger charge is 2.50. The number of anilines is 1. The lowest BCUT2D eigenvalue weighted by molar-refractivity contribution is -0.120. The summed E-state index contributed by atoms with van der Waals surface area (Å²) in [5, 5.41) is 5.99. The van der Waals surface area contributed by atoms with Crippen molar-refractivity contribution in [2.45, 2.75) is 44.3 Å². The first kappa shape index (κ1) is 32.0. The molecule has 2 fully saturated rings. The number of benzene rings is 2. The fourth-order valence-electron chi connectivity index (χ4n) is 6.18. The number of amides is 2. The van der Waals surface area contributed by atoms with Crippen LogP contribution in [0.4, 0.5) is 23.4 Å². The second kappa shape index (κ2) is 13.7. The van der Waals surface area contributed by atoms with Crippen LogP contribution in [0, 0.1) is 17.6 Å². The summed E-state index contributed by atoms with van der Waals surface area (Å²) in [6, 6.07) is 9.79. The third-order valence-corrected chi connectivity index (χ3v) is 8.41. The summed E-state index contributed by atoms with van der Waals surface area (Å²) in [6.45, 7) is 0.0303. The molecule has 5 rings (SSSR count).